The average Bonchev–Trinajstić information content (AvgIpc) is 3.09. The van der Waals surface area contributed by atoms with E-state index in [4.69, 9.17) is 21.1 Å². The van der Waals surface area contributed by atoms with Crippen molar-refractivity contribution < 1.29 is 18.7 Å². The molecule has 0 fully saturated rings. The van der Waals surface area contributed by atoms with Gasteiger partial charge in [0.1, 0.15) is 23.2 Å². The summed E-state index contributed by atoms with van der Waals surface area (Å²) in [6, 6.07) is 11.3. The minimum atomic E-state index is -0.756. The largest absolute Gasteiger partial charge is 0.497 e. The SMILES string of the molecule is COc1ccc(-c2nc(COC(=O)c3ccc(Cl)cc3F)cs2)cc1. The Morgan fingerprint density at radius 3 is 2.68 bits per heavy atom. The molecule has 3 rings (SSSR count). The third kappa shape index (κ3) is 4.15. The number of thiazole rings is 1. The Balaban J connectivity index is 1.66. The number of carbonyl (C=O) groups is 1. The molecule has 0 radical (unpaired) electrons. The monoisotopic (exact) mass is 377 g/mol. The number of nitrogens with zero attached hydrogens (tertiary/aromatic N) is 1. The fourth-order valence-electron chi connectivity index (χ4n) is 2.11. The summed E-state index contributed by atoms with van der Waals surface area (Å²) in [6.45, 7) is -0.0342. The predicted molar refractivity (Wildman–Crippen MR) is 94.6 cm³/mol. The van der Waals surface area contributed by atoms with Crippen molar-refractivity contribution in [3.05, 3.63) is 69.9 Å². The van der Waals surface area contributed by atoms with Crippen LogP contribution in [-0.2, 0) is 11.3 Å². The van der Waals surface area contributed by atoms with Crippen molar-refractivity contribution in [2.75, 3.05) is 7.11 Å². The van der Waals surface area contributed by atoms with E-state index in [1.165, 1.54) is 23.5 Å². The molecule has 0 unspecified atom stereocenters. The van der Waals surface area contributed by atoms with E-state index in [1.54, 1.807) is 12.5 Å². The first kappa shape index (κ1) is 17.4. The maximum atomic E-state index is 13.7. The lowest BCUT2D eigenvalue weighted by Gasteiger charge is -2.04. The lowest BCUT2D eigenvalue weighted by molar-refractivity contribution is 0.0463. The van der Waals surface area contributed by atoms with Crippen LogP contribution in [0, 0.1) is 5.82 Å². The van der Waals surface area contributed by atoms with E-state index in [9.17, 15) is 9.18 Å². The molecule has 0 spiro atoms. The molecule has 0 saturated carbocycles. The molecule has 4 nitrogen and oxygen atoms in total. The van der Waals surface area contributed by atoms with Crippen LogP contribution in [0.2, 0.25) is 5.02 Å². The third-order valence-electron chi connectivity index (χ3n) is 3.39. The van der Waals surface area contributed by atoms with Crippen LogP contribution in [0.3, 0.4) is 0 Å². The van der Waals surface area contributed by atoms with Crippen molar-refractivity contribution in [2.24, 2.45) is 0 Å². The summed E-state index contributed by atoms with van der Waals surface area (Å²) in [5.74, 6) is -0.706. The Labute approximate surface area is 152 Å². The zero-order valence-electron chi connectivity index (χ0n) is 13.2. The molecule has 0 N–H and O–H groups in total. The zero-order chi connectivity index (χ0) is 17.8. The number of rotatable bonds is 5. The minimum Gasteiger partial charge on any atom is -0.497 e. The maximum absolute atomic E-state index is 13.7. The van der Waals surface area contributed by atoms with Crippen LogP contribution in [0.4, 0.5) is 4.39 Å². The Kier molecular flexibility index (Phi) is 5.31. The highest BCUT2D eigenvalue weighted by atomic mass is 35.5. The molecular weight excluding hydrogens is 365 g/mol. The summed E-state index contributed by atoms with van der Waals surface area (Å²) in [4.78, 5) is 16.4. The molecule has 128 valence electrons. The molecule has 7 heteroatoms. The van der Waals surface area contributed by atoms with Crippen molar-refractivity contribution in [1.29, 1.82) is 0 Å². The van der Waals surface area contributed by atoms with E-state index in [0.29, 0.717) is 5.69 Å². The fourth-order valence-corrected chi connectivity index (χ4v) is 3.08. The van der Waals surface area contributed by atoms with Crippen LogP contribution >= 0.6 is 22.9 Å². The third-order valence-corrected chi connectivity index (χ3v) is 4.57. The lowest BCUT2D eigenvalue weighted by Crippen LogP contribution is -2.07. The topological polar surface area (TPSA) is 48.4 Å². The summed E-state index contributed by atoms with van der Waals surface area (Å²) in [5.41, 5.74) is 1.38. The van der Waals surface area contributed by atoms with Gasteiger partial charge in [-0.25, -0.2) is 14.2 Å². The van der Waals surface area contributed by atoms with Gasteiger partial charge in [0.25, 0.3) is 0 Å². The molecule has 0 bridgehead atoms. The Hall–Kier alpha value is -2.44. The number of hydrogen-bond donors (Lipinski definition) is 0. The zero-order valence-corrected chi connectivity index (χ0v) is 14.7. The van der Waals surface area contributed by atoms with Gasteiger partial charge in [-0.15, -0.1) is 11.3 Å². The minimum absolute atomic E-state index is 0.0342. The van der Waals surface area contributed by atoms with Gasteiger partial charge in [-0.3, -0.25) is 0 Å². The number of aromatic nitrogens is 1. The second-order valence-electron chi connectivity index (χ2n) is 5.07. The molecule has 25 heavy (non-hydrogen) atoms. The van der Waals surface area contributed by atoms with Gasteiger partial charge in [-0.2, -0.15) is 0 Å². The van der Waals surface area contributed by atoms with Crippen LogP contribution in [0.25, 0.3) is 10.6 Å². The standard InChI is InChI=1S/C18H13ClFNO3S/c1-23-14-5-2-11(3-6-14)17-21-13(10-25-17)9-24-18(22)15-7-4-12(19)8-16(15)20/h2-8,10H,9H2,1H3. The van der Waals surface area contributed by atoms with Crippen molar-refractivity contribution in [1.82, 2.24) is 4.98 Å². The molecule has 0 saturated heterocycles. The Bertz CT molecular complexity index is 896. The highest BCUT2D eigenvalue weighted by Gasteiger charge is 2.14. The van der Waals surface area contributed by atoms with Gasteiger partial charge < -0.3 is 9.47 Å². The van der Waals surface area contributed by atoms with E-state index in [-0.39, 0.29) is 17.2 Å². The van der Waals surface area contributed by atoms with E-state index >= 15 is 0 Å². The number of carbonyl (C=O) groups excluding carboxylic acids is 1. The molecular formula is C18H13ClFNO3S. The number of methoxy groups -OCH3 is 1. The quantitative estimate of drug-likeness (QED) is 0.589. The number of halogens is 2. The predicted octanol–water partition coefficient (Wildman–Crippen LogP) is 4.97. The van der Waals surface area contributed by atoms with Crippen LogP contribution in [0.1, 0.15) is 16.1 Å². The molecule has 0 aliphatic heterocycles. The van der Waals surface area contributed by atoms with Gasteiger partial charge in [0.15, 0.2) is 0 Å². The van der Waals surface area contributed by atoms with Crippen LogP contribution < -0.4 is 4.74 Å². The highest BCUT2D eigenvalue weighted by molar-refractivity contribution is 7.13. The van der Waals surface area contributed by atoms with E-state index < -0.39 is 11.8 Å². The van der Waals surface area contributed by atoms with Crippen LogP contribution in [-0.4, -0.2) is 18.1 Å². The summed E-state index contributed by atoms with van der Waals surface area (Å²) in [6.07, 6.45) is 0. The fraction of sp³-hybridized carbons (Fsp3) is 0.111. The van der Waals surface area contributed by atoms with Crippen LogP contribution in [0.5, 0.6) is 5.75 Å². The average molecular weight is 378 g/mol. The number of hydrogen-bond acceptors (Lipinski definition) is 5. The maximum Gasteiger partial charge on any atom is 0.341 e. The van der Waals surface area contributed by atoms with Gasteiger partial charge in [0.2, 0.25) is 0 Å². The summed E-state index contributed by atoms with van der Waals surface area (Å²) in [7, 11) is 1.61. The van der Waals surface area contributed by atoms with Crippen molar-refractivity contribution in [3.8, 4) is 16.3 Å². The van der Waals surface area contributed by atoms with Crippen molar-refractivity contribution >= 4 is 28.9 Å². The second-order valence-corrected chi connectivity index (χ2v) is 6.37. The smallest absolute Gasteiger partial charge is 0.341 e. The Morgan fingerprint density at radius 2 is 2.00 bits per heavy atom. The normalized spacial score (nSPS) is 10.5. The molecule has 3 aromatic rings. The molecule has 1 aromatic heterocycles. The Morgan fingerprint density at radius 1 is 1.24 bits per heavy atom. The number of esters is 1. The number of benzene rings is 2. The lowest BCUT2D eigenvalue weighted by atomic mass is 10.2. The van der Waals surface area contributed by atoms with Gasteiger partial charge in [-0.05, 0) is 42.5 Å². The van der Waals surface area contributed by atoms with Gasteiger partial charge in [0.05, 0.1) is 18.4 Å². The van der Waals surface area contributed by atoms with Crippen LogP contribution in [0.15, 0.2) is 47.8 Å². The van der Waals surface area contributed by atoms with Crippen molar-refractivity contribution in [3.63, 3.8) is 0 Å². The van der Waals surface area contributed by atoms with Gasteiger partial charge in [0, 0.05) is 16.0 Å². The molecule has 0 aliphatic carbocycles. The first-order valence-corrected chi connectivity index (χ1v) is 8.53. The summed E-state index contributed by atoms with van der Waals surface area (Å²) >= 11 is 7.10. The number of ether oxygens (including phenoxy) is 2. The van der Waals surface area contributed by atoms with E-state index in [0.717, 1.165) is 22.4 Å². The van der Waals surface area contributed by atoms with E-state index in [2.05, 4.69) is 4.98 Å². The second kappa shape index (κ2) is 7.63. The molecule has 0 amide bonds. The molecule has 2 aromatic carbocycles. The summed E-state index contributed by atoms with van der Waals surface area (Å²) < 4.78 is 23.9. The molecule has 0 aliphatic rings. The highest BCUT2D eigenvalue weighted by Crippen LogP contribution is 2.26. The molecule has 1 heterocycles. The van der Waals surface area contributed by atoms with Gasteiger partial charge in [-0.1, -0.05) is 11.6 Å². The summed E-state index contributed by atoms with van der Waals surface area (Å²) in [5, 5.41) is 2.81. The molecule has 0 atom stereocenters. The first-order valence-electron chi connectivity index (χ1n) is 7.28. The van der Waals surface area contributed by atoms with E-state index in [1.807, 2.05) is 24.3 Å². The first-order chi connectivity index (χ1) is 12.1. The van der Waals surface area contributed by atoms with Crippen molar-refractivity contribution in [2.45, 2.75) is 6.61 Å². The van der Waals surface area contributed by atoms with Gasteiger partial charge >= 0.3 is 5.97 Å².